The lowest BCUT2D eigenvalue weighted by molar-refractivity contribution is 0.0939. The summed E-state index contributed by atoms with van der Waals surface area (Å²) in [4.78, 5) is 38.2. The zero-order valence-electron chi connectivity index (χ0n) is 18.8. The number of hydrogen-bond acceptors (Lipinski definition) is 5. The van der Waals surface area contributed by atoms with E-state index in [-0.39, 0.29) is 52.4 Å². The van der Waals surface area contributed by atoms with Crippen LogP contribution in [-0.2, 0) is 6.61 Å². The average Bonchev–Trinajstić information content (AvgIpc) is 2.84. The summed E-state index contributed by atoms with van der Waals surface area (Å²) in [7, 11) is 1.45. The van der Waals surface area contributed by atoms with E-state index < -0.39 is 29.0 Å². The van der Waals surface area contributed by atoms with Crippen LogP contribution in [0.25, 0.3) is 5.69 Å². The molecule has 0 unspecified atom stereocenters. The molecule has 0 saturated carbocycles. The molecule has 0 fully saturated rings. The Kier molecular flexibility index (Phi) is 8.36. The fourth-order valence-corrected chi connectivity index (χ4v) is 3.75. The van der Waals surface area contributed by atoms with Crippen LogP contribution in [0.2, 0.25) is 0 Å². The summed E-state index contributed by atoms with van der Waals surface area (Å²) in [5, 5.41) is 14.1. The van der Waals surface area contributed by atoms with Crippen molar-refractivity contribution in [3.63, 3.8) is 0 Å². The number of rotatable bonds is 8. The van der Waals surface area contributed by atoms with Crippen molar-refractivity contribution in [3.8, 4) is 11.4 Å². The predicted molar refractivity (Wildman–Crippen MR) is 128 cm³/mol. The molecule has 0 atom stereocenters. The van der Waals surface area contributed by atoms with Gasteiger partial charge in [-0.05, 0) is 53.2 Å². The smallest absolute Gasteiger partial charge is 0.273 e. The van der Waals surface area contributed by atoms with Crippen molar-refractivity contribution in [3.05, 3.63) is 91.3 Å². The van der Waals surface area contributed by atoms with Gasteiger partial charge in [-0.25, -0.2) is 8.78 Å². The second kappa shape index (κ2) is 11.2. The molecule has 3 N–H and O–H groups in total. The molecule has 184 valence electrons. The van der Waals surface area contributed by atoms with Gasteiger partial charge in [0.2, 0.25) is 0 Å². The van der Waals surface area contributed by atoms with Crippen molar-refractivity contribution in [1.82, 2.24) is 15.2 Å². The first-order valence-electron chi connectivity index (χ1n) is 10.4. The number of carbonyl (C=O) groups is 2. The van der Waals surface area contributed by atoms with E-state index in [1.807, 2.05) is 0 Å². The molecule has 0 bridgehead atoms. The number of carbonyl (C=O) groups excluding carboxylic acids is 2. The quantitative estimate of drug-likeness (QED) is 0.400. The summed E-state index contributed by atoms with van der Waals surface area (Å²) in [6.45, 7) is 1.07. The Morgan fingerprint density at radius 1 is 1.11 bits per heavy atom. The SMILES string of the molecule is CNC(=O)c1ccc(C(=O)NCCO)c(-n2c(C)cc(OCc3ccc(F)cc3F)c(Br)c2=O)c1. The Bertz CT molecular complexity index is 1340. The van der Waals surface area contributed by atoms with Crippen LogP contribution in [0.1, 0.15) is 32.0 Å². The molecule has 35 heavy (non-hydrogen) atoms. The highest BCUT2D eigenvalue weighted by atomic mass is 79.9. The van der Waals surface area contributed by atoms with Crippen molar-refractivity contribution in [1.29, 1.82) is 0 Å². The van der Waals surface area contributed by atoms with Gasteiger partial charge in [0, 0.05) is 42.5 Å². The first-order chi connectivity index (χ1) is 16.7. The minimum absolute atomic E-state index is 0.000229. The maximum atomic E-state index is 14.0. The summed E-state index contributed by atoms with van der Waals surface area (Å²) in [5.74, 6) is -2.35. The van der Waals surface area contributed by atoms with E-state index in [1.165, 1.54) is 41.9 Å². The van der Waals surface area contributed by atoms with Crippen molar-refractivity contribution in [2.75, 3.05) is 20.2 Å². The minimum Gasteiger partial charge on any atom is -0.487 e. The van der Waals surface area contributed by atoms with Crippen LogP contribution >= 0.6 is 15.9 Å². The third-order valence-electron chi connectivity index (χ3n) is 5.07. The van der Waals surface area contributed by atoms with Gasteiger partial charge >= 0.3 is 0 Å². The summed E-state index contributed by atoms with van der Waals surface area (Å²) >= 11 is 3.21. The Morgan fingerprint density at radius 3 is 2.51 bits per heavy atom. The maximum Gasteiger partial charge on any atom is 0.273 e. The lowest BCUT2D eigenvalue weighted by Gasteiger charge is -2.18. The van der Waals surface area contributed by atoms with Crippen molar-refractivity contribution in [2.45, 2.75) is 13.5 Å². The van der Waals surface area contributed by atoms with Crippen LogP contribution in [0, 0.1) is 18.6 Å². The number of aryl methyl sites for hydroxylation is 1. The normalized spacial score (nSPS) is 10.7. The van der Waals surface area contributed by atoms with Gasteiger partial charge in [0.05, 0.1) is 17.9 Å². The van der Waals surface area contributed by atoms with E-state index in [9.17, 15) is 23.2 Å². The molecule has 2 aromatic carbocycles. The van der Waals surface area contributed by atoms with Gasteiger partial charge < -0.3 is 20.5 Å². The largest absolute Gasteiger partial charge is 0.487 e. The van der Waals surface area contributed by atoms with Crippen molar-refractivity contribution < 1.29 is 28.2 Å². The number of aromatic nitrogens is 1. The number of nitrogens with zero attached hydrogens (tertiary/aromatic N) is 1. The van der Waals surface area contributed by atoms with Crippen molar-refractivity contribution in [2.24, 2.45) is 0 Å². The molecule has 3 aromatic rings. The zero-order chi connectivity index (χ0) is 25.7. The third kappa shape index (κ3) is 5.75. The van der Waals surface area contributed by atoms with Gasteiger partial charge in [0.1, 0.15) is 28.5 Å². The Balaban J connectivity index is 2.07. The standard InChI is InChI=1S/C24H22BrF2N3O5/c1-13-9-20(35-12-15-3-5-16(26)11-18(15)27)21(25)24(34)30(13)19-10-14(22(32)28-2)4-6-17(19)23(33)29-7-8-31/h3-6,9-11,31H,7-8,12H2,1-2H3,(H,28,32)(H,29,33). The number of halogens is 3. The highest BCUT2D eigenvalue weighted by Crippen LogP contribution is 2.27. The molecule has 1 heterocycles. The number of pyridine rings is 1. The molecule has 1 aromatic heterocycles. The van der Waals surface area contributed by atoms with E-state index in [0.29, 0.717) is 5.69 Å². The molecular formula is C24H22BrF2N3O5. The lowest BCUT2D eigenvalue weighted by Crippen LogP contribution is -2.30. The Labute approximate surface area is 207 Å². The minimum atomic E-state index is -0.782. The second-order valence-electron chi connectivity index (χ2n) is 7.42. The lowest BCUT2D eigenvalue weighted by atomic mass is 10.1. The zero-order valence-corrected chi connectivity index (χ0v) is 20.4. The molecule has 11 heteroatoms. The van der Waals surface area contributed by atoms with Gasteiger partial charge in [-0.15, -0.1) is 0 Å². The topological polar surface area (TPSA) is 110 Å². The highest BCUT2D eigenvalue weighted by Gasteiger charge is 2.21. The summed E-state index contributed by atoms with van der Waals surface area (Å²) in [6, 6.07) is 8.85. The molecule has 0 spiro atoms. The molecule has 0 aliphatic rings. The number of hydrogen-bond donors (Lipinski definition) is 3. The number of aliphatic hydroxyl groups excluding tert-OH is 1. The molecule has 0 radical (unpaired) electrons. The van der Waals surface area contributed by atoms with Crippen LogP contribution in [0.5, 0.6) is 5.75 Å². The molecule has 8 nitrogen and oxygen atoms in total. The van der Waals surface area contributed by atoms with Crippen LogP contribution in [0.3, 0.4) is 0 Å². The number of aliphatic hydroxyl groups is 1. The molecule has 0 aliphatic carbocycles. The van der Waals surface area contributed by atoms with E-state index in [4.69, 9.17) is 9.84 Å². The van der Waals surface area contributed by atoms with Gasteiger partial charge in [-0.1, -0.05) is 0 Å². The van der Waals surface area contributed by atoms with Crippen molar-refractivity contribution >= 4 is 27.7 Å². The van der Waals surface area contributed by atoms with Gasteiger partial charge in [-0.2, -0.15) is 0 Å². The number of ether oxygens (including phenoxy) is 1. The predicted octanol–water partition coefficient (Wildman–Crippen LogP) is 2.85. The molecule has 0 aliphatic heterocycles. The molecule has 0 saturated heterocycles. The van der Waals surface area contributed by atoms with E-state index in [2.05, 4.69) is 26.6 Å². The summed E-state index contributed by atoms with van der Waals surface area (Å²) in [5.41, 5.74) is 0.325. The molecule has 2 amide bonds. The van der Waals surface area contributed by atoms with E-state index >= 15 is 0 Å². The third-order valence-corrected chi connectivity index (χ3v) is 5.80. The summed E-state index contributed by atoms with van der Waals surface area (Å²) < 4.78 is 33.9. The number of amides is 2. The van der Waals surface area contributed by atoms with E-state index in [0.717, 1.165) is 12.1 Å². The fraction of sp³-hybridized carbons (Fsp3) is 0.208. The second-order valence-corrected chi connectivity index (χ2v) is 8.21. The average molecular weight is 550 g/mol. The Hall–Kier alpha value is -3.57. The highest BCUT2D eigenvalue weighted by molar-refractivity contribution is 9.10. The van der Waals surface area contributed by atoms with Crippen LogP contribution in [-0.4, -0.2) is 41.7 Å². The monoisotopic (exact) mass is 549 g/mol. The molecular weight excluding hydrogens is 528 g/mol. The molecule has 3 rings (SSSR count). The first kappa shape index (κ1) is 26.0. The van der Waals surface area contributed by atoms with Crippen LogP contribution in [0.15, 0.2) is 51.7 Å². The fourth-order valence-electron chi connectivity index (χ4n) is 3.34. The first-order valence-corrected chi connectivity index (χ1v) is 11.2. The van der Waals surface area contributed by atoms with Crippen LogP contribution in [0.4, 0.5) is 8.78 Å². The van der Waals surface area contributed by atoms with Gasteiger partial charge in [-0.3, -0.25) is 19.0 Å². The van der Waals surface area contributed by atoms with Crippen LogP contribution < -0.4 is 20.9 Å². The maximum absolute atomic E-state index is 14.0. The van der Waals surface area contributed by atoms with E-state index in [1.54, 1.807) is 6.92 Å². The Morgan fingerprint density at radius 2 is 1.86 bits per heavy atom. The van der Waals surface area contributed by atoms with Gasteiger partial charge in [0.25, 0.3) is 17.4 Å². The summed E-state index contributed by atoms with van der Waals surface area (Å²) in [6.07, 6.45) is 0. The number of nitrogens with one attached hydrogen (secondary N) is 2. The number of benzene rings is 2. The van der Waals surface area contributed by atoms with Gasteiger partial charge in [0.15, 0.2) is 0 Å².